The number of nitrogens with one attached hydrogen (secondary N) is 1. The van der Waals surface area contributed by atoms with Gasteiger partial charge in [-0.3, -0.25) is 14.0 Å². The quantitative estimate of drug-likeness (QED) is 0.505. The van der Waals surface area contributed by atoms with Crippen molar-refractivity contribution in [3.05, 3.63) is 72.3 Å². The van der Waals surface area contributed by atoms with Crippen LogP contribution in [-0.4, -0.2) is 55.1 Å². The van der Waals surface area contributed by atoms with E-state index in [9.17, 15) is 23.1 Å². The van der Waals surface area contributed by atoms with Gasteiger partial charge in [-0.25, -0.2) is 13.2 Å². The molecule has 0 aliphatic carbocycles. The molecule has 0 bridgehead atoms. The number of hydrogen-bond donors (Lipinski definition) is 2. The van der Waals surface area contributed by atoms with Crippen molar-refractivity contribution in [3.63, 3.8) is 0 Å². The highest BCUT2D eigenvalue weighted by Gasteiger charge is 2.45. The summed E-state index contributed by atoms with van der Waals surface area (Å²) < 4.78 is 28.6. The average molecular weight is 482 g/mol. The monoisotopic (exact) mass is 481 g/mol. The fourth-order valence-corrected chi connectivity index (χ4v) is 5.55. The molecular formula is C25H27N3O5S. The molecule has 9 heteroatoms. The third kappa shape index (κ3) is 4.36. The standard InChI is InChI=1S/C25H27N3O5S/c1-17-11-13-20(14-12-17)34(32,33)28(22-10-6-8-18-7-4-5-9-21(18)22)16-19(29)15-27-23(30)25(2,3)26-24(27)31/h4-14,19,29H,15-16H2,1-3H3,(H,26,31)/t19-/m1/s1. The van der Waals surface area contributed by atoms with Crippen molar-refractivity contribution < 1.29 is 23.1 Å². The zero-order valence-corrected chi connectivity index (χ0v) is 20.0. The molecule has 0 unspecified atom stereocenters. The molecule has 1 saturated heterocycles. The molecule has 34 heavy (non-hydrogen) atoms. The van der Waals surface area contributed by atoms with Gasteiger partial charge >= 0.3 is 6.03 Å². The number of nitrogens with zero attached hydrogens (tertiary/aromatic N) is 2. The summed E-state index contributed by atoms with van der Waals surface area (Å²) in [5.41, 5.74) is 0.229. The molecule has 1 atom stereocenters. The number of amides is 3. The predicted octanol–water partition coefficient (Wildman–Crippen LogP) is 3.03. The largest absolute Gasteiger partial charge is 0.389 e. The van der Waals surface area contributed by atoms with Gasteiger partial charge in [0.05, 0.1) is 29.8 Å². The number of carbonyl (C=O) groups excluding carboxylic acids is 2. The zero-order chi connectivity index (χ0) is 24.7. The van der Waals surface area contributed by atoms with Crippen molar-refractivity contribution in [1.82, 2.24) is 10.2 Å². The van der Waals surface area contributed by atoms with Gasteiger partial charge in [0.25, 0.3) is 15.9 Å². The number of aliphatic hydroxyl groups is 1. The highest BCUT2D eigenvalue weighted by Crippen LogP contribution is 2.31. The fraction of sp³-hybridized carbons (Fsp3) is 0.280. The Morgan fingerprint density at radius 2 is 1.65 bits per heavy atom. The van der Waals surface area contributed by atoms with Crippen LogP contribution in [0.3, 0.4) is 0 Å². The number of anilines is 1. The second kappa shape index (κ2) is 8.73. The lowest BCUT2D eigenvalue weighted by Gasteiger charge is -2.29. The Morgan fingerprint density at radius 1 is 1.00 bits per heavy atom. The van der Waals surface area contributed by atoms with Gasteiger partial charge in [-0.15, -0.1) is 0 Å². The Labute approximate surface area is 198 Å². The van der Waals surface area contributed by atoms with Gasteiger partial charge in [-0.1, -0.05) is 54.1 Å². The van der Waals surface area contributed by atoms with Crippen LogP contribution in [0.4, 0.5) is 10.5 Å². The van der Waals surface area contributed by atoms with E-state index in [0.717, 1.165) is 20.2 Å². The Hall–Kier alpha value is -3.43. The van der Waals surface area contributed by atoms with Crippen LogP contribution < -0.4 is 9.62 Å². The summed E-state index contributed by atoms with van der Waals surface area (Å²) in [4.78, 5) is 25.8. The minimum Gasteiger partial charge on any atom is -0.389 e. The smallest absolute Gasteiger partial charge is 0.325 e. The molecule has 1 aliphatic heterocycles. The first-order valence-electron chi connectivity index (χ1n) is 10.9. The van der Waals surface area contributed by atoms with Gasteiger partial charge in [0.15, 0.2) is 0 Å². The number of urea groups is 1. The van der Waals surface area contributed by atoms with Crippen molar-refractivity contribution in [3.8, 4) is 0 Å². The molecule has 1 aliphatic rings. The molecule has 4 rings (SSSR count). The number of aryl methyl sites for hydroxylation is 1. The Balaban J connectivity index is 1.73. The molecule has 1 fully saturated rings. The number of imide groups is 1. The predicted molar refractivity (Wildman–Crippen MR) is 130 cm³/mol. The average Bonchev–Trinajstić information content (AvgIpc) is 2.98. The maximum absolute atomic E-state index is 13.7. The van der Waals surface area contributed by atoms with E-state index in [1.165, 1.54) is 12.1 Å². The lowest BCUT2D eigenvalue weighted by Crippen LogP contribution is -2.45. The highest BCUT2D eigenvalue weighted by atomic mass is 32.2. The van der Waals surface area contributed by atoms with Gasteiger partial charge in [-0.05, 0) is 44.4 Å². The van der Waals surface area contributed by atoms with Gasteiger partial charge in [-0.2, -0.15) is 0 Å². The number of rotatable bonds is 7. The van der Waals surface area contributed by atoms with Crippen LogP contribution in [0.2, 0.25) is 0 Å². The van der Waals surface area contributed by atoms with E-state index in [-0.39, 0.29) is 18.0 Å². The maximum Gasteiger partial charge on any atom is 0.325 e. The van der Waals surface area contributed by atoms with Crippen molar-refractivity contribution in [1.29, 1.82) is 0 Å². The molecule has 0 spiro atoms. The minimum absolute atomic E-state index is 0.0781. The topological polar surface area (TPSA) is 107 Å². The molecule has 2 N–H and O–H groups in total. The molecule has 0 aromatic heterocycles. The van der Waals surface area contributed by atoms with Crippen LogP contribution in [0.15, 0.2) is 71.6 Å². The van der Waals surface area contributed by atoms with Gasteiger partial charge in [0.1, 0.15) is 5.54 Å². The van der Waals surface area contributed by atoms with Crippen molar-refractivity contribution in [2.45, 2.75) is 37.3 Å². The molecule has 3 aromatic carbocycles. The lowest BCUT2D eigenvalue weighted by molar-refractivity contribution is -0.131. The summed E-state index contributed by atoms with van der Waals surface area (Å²) in [6.45, 7) is 4.33. The van der Waals surface area contributed by atoms with Crippen LogP contribution in [-0.2, 0) is 14.8 Å². The number of hydrogen-bond acceptors (Lipinski definition) is 5. The van der Waals surface area contributed by atoms with Gasteiger partial charge < -0.3 is 10.4 Å². The molecule has 1 heterocycles. The molecule has 178 valence electrons. The van der Waals surface area contributed by atoms with E-state index >= 15 is 0 Å². The second-order valence-electron chi connectivity index (χ2n) is 8.97. The van der Waals surface area contributed by atoms with E-state index in [0.29, 0.717) is 11.1 Å². The van der Waals surface area contributed by atoms with E-state index in [1.807, 2.05) is 37.3 Å². The Bertz CT molecular complexity index is 1350. The SMILES string of the molecule is Cc1ccc(S(=O)(=O)N(C[C@H](O)CN2C(=O)NC(C)(C)C2=O)c2cccc3ccccc23)cc1. The molecule has 0 saturated carbocycles. The number of fused-ring (bicyclic) bond motifs is 1. The molecule has 0 radical (unpaired) electrons. The van der Waals surface area contributed by atoms with Crippen molar-refractivity contribution in [2.24, 2.45) is 0 Å². The summed E-state index contributed by atoms with van der Waals surface area (Å²) in [5, 5.41) is 15.0. The summed E-state index contributed by atoms with van der Waals surface area (Å²) >= 11 is 0. The third-order valence-electron chi connectivity index (χ3n) is 5.86. The molecule has 3 aromatic rings. The van der Waals surface area contributed by atoms with E-state index in [1.54, 1.807) is 38.1 Å². The summed E-state index contributed by atoms with van der Waals surface area (Å²) in [6, 6.07) is 18.5. The zero-order valence-electron chi connectivity index (χ0n) is 19.2. The van der Waals surface area contributed by atoms with Crippen LogP contribution >= 0.6 is 0 Å². The van der Waals surface area contributed by atoms with E-state index < -0.39 is 33.6 Å². The van der Waals surface area contributed by atoms with Gasteiger partial charge in [0, 0.05) is 5.39 Å². The fourth-order valence-electron chi connectivity index (χ4n) is 4.03. The first-order valence-corrected chi connectivity index (χ1v) is 12.3. The molecule has 3 amide bonds. The van der Waals surface area contributed by atoms with Crippen LogP contribution in [0.1, 0.15) is 19.4 Å². The van der Waals surface area contributed by atoms with Crippen LogP contribution in [0.5, 0.6) is 0 Å². The van der Waals surface area contributed by atoms with Crippen molar-refractivity contribution >= 4 is 38.4 Å². The number of aliphatic hydroxyl groups excluding tert-OH is 1. The van der Waals surface area contributed by atoms with E-state index in [4.69, 9.17) is 0 Å². The second-order valence-corrected chi connectivity index (χ2v) is 10.8. The third-order valence-corrected chi connectivity index (χ3v) is 7.65. The summed E-state index contributed by atoms with van der Waals surface area (Å²) in [6.07, 6.45) is -1.32. The normalized spacial score (nSPS) is 16.5. The number of β-amino-alcohol motifs (C(OH)–C–C–N with tert-alkyl or cyclic N) is 1. The van der Waals surface area contributed by atoms with Crippen molar-refractivity contribution in [2.75, 3.05) is 17.4 Å². The summed E-state index contributed by atoms with van der Waals surface area (Å²) in [7, 11) is -4.07. The lowest BCUT2D eigenvalue weighted by atomic mass is 10.1. The first kappa shape index (κ1) is 23.7. The van der Waals surface area contributed by atoms with E-state index in [2.05, 4.69) is 5.32 Å². The maximum atomic E-state index is 13.7. The van der Waals surface area contributed by atoms with Crippen LogP contribution in [0.25, 0.3) is 10.8 Å². The number of benzene rings is 3. The number of carbonyl (C=O) groups is 2. The molecule has 8 nitrogen and oxygen atoms in total. The Kier molecular flexibility index (Phi) is 6.09. The Morgan fingerprint density at radius 3 is 2.29 bits per heavy atom. The van der Waals surface area contributed by atoms with Crippen LogP contribution in [0, 0.1) is 6.92 Å². The van der Waals surface area contributed by atoms with Gasteiger partial charge in [0.2, 0.25) is 0 Å². The molecular weight excluding hydrogens is 454 g/mol. The highest BCUT2D eigenvalue weighted by molar-refractivity contribution is 7.92. The minimum atomic E-state index is -4.07. The first-order chi connectivity index (χ1) is 16.0. The number of sulfonamides is 1. The summed E-state index contributed by atoms with van der Waals surface area (Å²) in [5.74, 6) is -0.477.